The van der Waals surface area contributed by atoms with Gasteiger partial charge in [0, 0.05) is 44.9 Å². The summed E-state index contributed by atoms with van der Waals surface area (Å²) in [6.45, 7) is 2.95. The topological polar surface area (TPSA) is 114 Å². The lowest BCUT2D eigenvalue weighted by Crippen LogP contribution is -2.48. The molecule has 3 rings (SSSR count). The minimum Gasteiger partial charge on any atom is -0.481 e. The van der Waals surface area contributed by atoms with E-state index in [-0.39, 0.29) is 16.8 Å². The Kier molecular flexibility index (Phi) is 6.18. The van der Waals surface area contributed by atoms with E-state index in [0.717, 1.165) is 0 Å². The number of anilines is 2. The monoisotopic (exact) mass is 421 g/mol. The third-order valence-electron chi connectivity index (χ3n) is 4.44. The molecule has 2 heterocycles. The van der Waals surface area contributed by atoms with Crippen LogP contribution in [0.5, 0.6) is 11.9 Å². The molecule has 0 radical (unpaired) electrons. The van der Waals surface area contributed by atoms with Crippen LogP contribution in [0.2, 0.25) is 0 Å². The lowest BCUT2D eigenvalue weighted by atomic mass is 10.3. The normalized spacial score (nSPS) is 15.1. The molecule has 0 bridgehead atoms. The summed E-state index contributed by atoms with van der Waals surface area (Å²) in [5, 5.41) is 2.62. The summed E-state index contributed by atoms with van der Waals surface area (Å²) in [6.07, 6.45) is 0. The molecule has 1 amide bonds. The maximum atomic E-state index is 12.9. The van der Waals surface area contributed by atoms with Gasteiger partial charge in [-0.3, -0.25) is 4.79 Å². The van der Waals surface area contributed by atoms with E-state index in [9.17, 15) is 13.2 Å². The second-order valence-corrected chi connectivity index (χ2v) is 8.29. The van der Waals surface area contributed by atoms with E-state index in [2.05, 4.69) is 15.3 Å². The Hall–Kier alpha value is -2.92. The molecule has 29 heavy (non-hydrogen) atoms. The molecule has 10 nitrogen and oxygen atoms in total. The second kappa shape index (κ2) is 8.62. The third kappa shape index (κ3) is 4.74. The Labute approximate surface area is 169 Å². The number of amides is 1. The number of hydrogen-bond donors (Lipinski definition) is 1. The van der Waals surface area contributed by atoms with Crippen LogP contribution in [0.15, 0.2) is 35.2 Å². The Morgan fingerprint density at radius 2 is 1.69 bits per heavy atom. The molecule has 0 spiro atoms. The predicted molar refractivity (Wildman–Crippen MR) is 107 cm³/mol. The molecule has 1 aromatic carbocycles. The first-order valence-electron chi connectivity index (χ1n) is 8.93. The number of nitrogens with zero attached hydrogens (tertiary/aromatic N) is 4. The third-order valence-corrected chi connectivity index (χ3v) is 6.35. The zero-order valence-electron chi connectivity index (χ0n) is 16.5. The molecule has 1 aliphatic heterocycles. The standard InChI is InChI=1S/C18H23N5O5S/c1-13(24)19-14-4-6-15(7-5-14)29(25,26)23-10-8-22(9-11-23)16-12-17(27-2)21-18(20-16)28-3/h4-7,12H,8-11H2,1-3H3,(H,19,24). The number of carbonyl (C=O) groups excluding carboxylic acids is 1. The van der Waals surface area contributed by atoms with E-state index in [1.54, 1.807) is 18.2 Å². The highest BCUT2D eigenvalue weighted by molar-refractivity contribution is 7.89. The van der Waals surface area contributed by atoms with E-state index in [1.165, 1.54) is 37.6 Å². The van der Waals surface area contributed by atoms with Crippen LogP contribution in [-0.4, -0.2) is 69.0 Å². The van der Waals surface area contributed by atoms with Crippen LogP contribution in [0.25, 0.3) is 0 Å². The molecule has 1 saturated heterocycles. The van der Waals surface area contributed by atoms with E-state index in [1.807, 2.05) is 4.90 Å². The summed E-state index contributed by atoms with van der Waals surface area (Å²) in [5.74, 6) is 0.779. The molecular weight excluding hydrogens is 398 g/mol. The largest absolute Gasteiger partial charge is 0.481 e. The summed E-state index contributed by atoms with van der Waals surface area (Å²) < 4.78 is 37.5. The molecule has 0 saturated carbocycles. The maximum absolute atomic E-state index is 12.9. The number of hydrogen-bond acceptors (Lipinski definition) is 8. The lowest BCUT2D eigenvalue weighted by Gasteiger charge is -2.34. The lowest BCUT2D eigenvalue weighted by molar-refractivity contribution is -0.114. The van der Waals surface area contributed by atoms with Gasteiger partial charge in [-0.05, 0) is 24.3 Å². The zero-order valence-corrected chi connectivity index (χ0v) is 17.3. The highest BCUT2D eigenvalue weighted by Gasteiger charge is 2.29. The van der Waals surface area contributed by atoms with E-state index in [0.29, 0.717) is 43.6 Å². The van der Waals surface area contributed by atoms with Crippen LogP contribution in [0.1, 0.15) is 6.92 Å². The molecular formula is C18H23N5O5S. The molecule has 1 aliphatic rings. The van der Waals surface area contributed by atoms with Crippen molar-refractivity contribution >= 4 is 27.4 Å². The highest BCUT2D eigenvalue weighted by atomic mass is 32.2. The minimum atomic E-state index is -3.63. The van der Waals surface area contributed by atoms with Crippen molar-refractivity contribution in [3.05, 3.63) is 30.3 Å². The molecule has 11 heteroatoms. The Balaban J connectivity index is 1.70. The van der Waals surface area contributed by atoms with Crippen LogP contribution in [0, 0.1) is 0 Å². The summed E-state index contributed by atoms with van der Waals surface area (Å²) >= 11 is 0. The van der Waals surface area contributed by atoms with Crippen LogP contribution in [0.4, 0.5) is 11.5 Å². The molecule has 1 fully saturated rings. The van der Waals surface area contributed by atoms with Gasteiger partial charge in [-0.15, -0.1) is 0 Å². The fourth-order valence-electron chi connectivity index (χ4n) is 2.97. The van der Waals surface area contributed by atoms with Crippen molar-refractivity contribution in [2.45, 2.75) is 11.8 Å². The molecule has 0 unspecified atom stereocenters. The van der Waals surface area contributed by atoms with Crippen molar-refractivity contribution < 1.29 is 22.7 Å². The number of piperazine rings is 1. The van der Waals surface area contributed by atoms with Crippen molar-refractivity contribution in [2.75, 3.05) is 50.6 Å². The smallest absolute Gasteiger partial charge is 0.321 e. The quantitative estimate of drug-likeness (QED) is 0.734. The Bertz CT molecular complexity index is 950. The second-order valence-electron chi connectivity index (χ2n) is 6.35. The fourth-order valence-corrected chi connectivity index (χ4v) is 4.39. The number of ether oxygens (including phenoxy) is 2. The molecule has 2 aromatic rings. The number of methoxy groups -OCH3 is 2. The Morgan fingerprint density at radius 3 is 2.24 bits per heavy atom. The van der Waals surface area contributed by atoms with E-state index >= 15 is 0 Å². The fraction of sp³-hybridized carbons (Fsp3) is 0.389. The van der Waals surface area contributed by atoms with Crippen molar-refractivity contribution in [2.24, 2.45) is 0 Å². The number of sulfonamides is 1. The van der Waals surface area contributed by atoms with Crippen molar-refractivity contribution in [3.63, 3.8) is 0 Å². The molecule has 156 valence electrons. The van der Waals surface area contributed by atoms with Gasteiger partial charge in [0.2, 0.25) is 21.8 Å². The number of rotatable bonds is 6. The highest BCUT2D eigenvalue weighted by Crippen LogP contribution is 2.24. The van der Waals surface area contributed by atoms with Gasteiger partial charge in [-0.2, -0.15) is 14.3 Å². The predicted octanol–water partition coefficient (Wildman–Crippen LogP) is 0.963. The van der Waals surface area contributed by atoms with Crippen molar-refractivity contribution in [1.29, 1.82) is 0 Å². The number of nitrogens with one attached hydrogen (secondary N) is 1. The van der Waals surface area contributed by atoms with E-state index < -0.39 is 10.0 Å². The molecule has 1 N–H and O–H groups in total. The van der Waals surface area contributed by atoms with Gasteiger partial charge in [0.05, 0.1) is 19.1 Å². The summed E-state index contributed by atoms with van der Waals surface area (Å²) in [6, 6.07) is 8.01. The van der Waals surface area contributed by atoms with Gasteiger partial charge in [-0.1, -0.05) is 0 Å². The molecule has 1 aromatic heterocycles. The summed E-state index contributed by atoms with van der Waals surface area (Å²) in [7, 11) is -0.647. The van der Waals surface area contributed by atoms with Crippen molar-refractivity contribution in [1.82, 2.24) is 14.3 Å². The van der Waals surface area contributed by atoms with Gasteiger partial charge in [0.15, 0.2) is 0 Å². The minimum absolute atomic E-state index is 0.186. The number of carbonyl (C=O) groups is 1. The Morgan fingerprint density at radius 1 is 1.03 bits per heavy atom. The molecule has 0 aliphatic carbocycles. The van der Waals surface area contributed by atoms with Gasteiger partial charge < -0.3 is 19.7 Å². The zero-order chi connectivity index (χ0) is 21.0. The van der Waals surface area contributed by atoms with Crippen LogP contribution < -0.4 is 19.7 Å². The first kappa shape index (κ1) is 20.8. The van der Waals surface area contributed by atoms with Gasteiger partial charge in [0.1, 0.15) is 5.82 Å². The summed E-state index contributed by atoms with van der Waals surface area (Å²) in [5.41, 5.74) is 0.549. The average Bonchev–Trinajstić information content (AvgIpc) is 2.73. The van der Waals surface area contributed by atoms with Gasteiger partial charge in [-0.25, -0.2) is 8.42 Å². The van der Waals surface area contributed by atoms with Crippen LogP contribution in [0.3, 0.4) is 0 Å². The van der Waals surface area contributed by atoms with Crippen molar-refractivity contribution in [3.8, 4) is 11.9 Å². The average molecular weight is 421 g/mol. The van der Waals surface area contributed by atoms with Gasteiger partial charge in [0.25, 0.3) is 0 Å². The van der Waals surface area contributed by atoms with Crippen LogP contribution in [-0.2, 0) is 14.8 Å². The SMILES string of the molecule is COc1cc(N2CCN(S(=O)(=O)c3ccc(NC(C)=O)cc3)CC2)nc(OC)n1. The molecule has 0 atom stereocenters. The van der Waals surface area contributed by atoms with E-state index in [4.69, 9.17) is 9.47 Å². The first-order valence-corrected chi connectivity index (χ1v) is 10.4. The number of benzene rings is 1. The van der Waals surface area contributed by atoms with Gasteiger partial charge >= 0.3 is 6.01 Å². The summed E-state index contributed by atoms with van der Waals surface area (Å²) in [4.78, 5) is 21.6. The maximum Gasteiger partial charge on any atom is 0.321 e. The first-order chi connectivity index (χ1) is 13.8. The number of aromatic nitrogens is 2. The van der Waals surface area contributed by atoms with Crippen LogP contribution >= 0.6 is 0 Å².